The monoisotopic (exact) mass is 280 g/mol. The fourth-order valence-corrected chi connectivity index (χ4v) is 0.866. The third-order valence-corrected chi connectivity index (χ3v) is 1.83. The van der Waals surface area contributed by atoms with Crippen molar-refractivity contribution in [2.75, 3.05) is 0 Å². The van der Waals surface area contributed by atoms with E-state index in [2.05, 4.69) is 11.3 Å². The molecule has 0 saturated heterocycles. The van der Waals surface area contributed by atoms with Crippen LogP contribution in [0, 0.1) is 0 Å². The third-order valence-electron chi connectivity index (χ3n) is 1.83. The zero-order valence-corrected chi connectivity index (χ0v) is 9.10. The molecule has 0 bridgehead atoms. The minimum atomic E-state index is -5.01. The molecule has 0 aromatic carbocycles. The summed E-state index contributed by atoms with van der Waals surface area (Å²) >= 11 is 0. The van der Waals surface area contributed by atoms with Gasteiger partial charge in [-0.1, -0.05) is 6.58 Å². The second-order valence-electron chi connectivity index (χ2n) is 3.49. The summed E-state index contributed by atoms with van der Waals surface area (Å²) < 4.78 is 75.7. The van der Waals surface area contributed by atoms with Gasteiger partial charge < -0.3 is 9.84 Å². The number of hydrogen-bond donors (Lipinski definition) is 1. The fourth-order valence-electron chi connectivity index (χ4n) is 0.866. The molecule has 0 spiro atoms. The number of carbonyl (C=O) groups excluding carboxylic acids is 1. The van der Waals surface area contributed by atoms with Gasteiger partial charge in [-0.05, 0) is 6.92 Å². The Morgan fingerprint density at radius 3 is 2.06 bits per heavy atom. The molecule has 3 nitrogen and oxygen atoms in total. The molecule has 0 aromatic heterocycles. The molecule has 0 heterocycles. The first-order valence-corrected chi connectivity index (χ1v) is 4.57. The highest BCUT2D eigenvalue weighted by atomic mass is 19.4. The molecule has 0 aliphatic carbocycles. The zero-order valence-electron chi connectivity index (χ0n) is 9.10. The fraction of sp³-hybridized carbons (Fsp3) is 0.667. The molecule has 106 valence electrons. The van der Waals surface area contributed by atoms with E-state index >= 15 is 0 Å². The Kier molecular flexibility index (Phi) is 5.21. The van der Waals surface area contributed by atoms with E-state index in [0.29, 0.717) is 0 Å². The van der Waals surface area contributed by atoms with Crippen molar-refractivity contribution >= 4 is 5.97 Å². The summed E-state index contributed by atoms with van der Waals surface area (Å²) in [5.41, 5.74) is -1.82. The smallest absolute Gasteiger partial charge is 0.422 e. The molecule has 0 radical (unpaired) electrons. The van der Waals surface area contributed by atoms with E-state index in [4.69, 9.17) is 5.11 Å². The van der Waals surface area contributed by atoms with E-state index in [0.717, 1.165) is 6.92 Å². The number of aliphatic hydroxyl groups excluding tert-OH is 1. The average molecular weight is 280 g/mol. The summed E-state index contributed by atoms with van der Waals surface area (Å²) in [5.74, 6) is -1.87. The lowest BCUT2D eigenvalue weighted by molar-refractivity contribution is -0.212. The van der Waals surface area contributed by atoms with Gasteiger partial charge >= 0.3 is 18.3 Å². The van der Waals surface area contributed by atoms with E-state index in [9.17, 15) is 31.1 Å². The minimum Gasteiger partial charge on any atom is -0.459 e. The van der Waals surface area contributed by atoms with Crippen LogP contribution in [0.3, 0.4) is 0 Å². The second kappa shape index (κ2) is 5.59. The van der Waals surface area contributed by atoms with Crippen LogP contribution >= 0.6 is 0 Å². The molecule has 0 saturated carbocycles. The van der Waals surface area contributed by atoms with Crippen molar-refractivity contribution in [1.82, 2.24) is 0 Å². The van der Waals surface area contributed by atoms with Crippen molar-refractivity contribution in [3.05, 3.63) is 12.2 Å². The average Bonchev–Trinajstić information content (AvgIpc) is 2.12. The largest absolute Gasteiger partial charge is 0.459 e. The Labute approximate surface area is 98.0 Å². The number of hydrogen-bond acceptors (Lipinski definition) is 3. The van der Waals surface area contributed by atoms with Gasteiger partial charge in [0.1, 0.15) is 11.7 Å². The van der Waals surface area contributed by atoms with Crippen LogP contribution in [0.2, 0.25) is 0 Å². The van der Waals surface area contributed by atoms with Crippen molar-refractivity contribution < 1.29 is 41.0 Å². The summed E-state index contributed by atoms with van der Waals surface area (Å²) in [6.07, 6.45) is -15.3. The summed E-state index contributed by atoms with van der Waals surface area (Å²) in [7, 11) is 0. The Hall–Kier alpha value is -1.25. The number of rotatable bonds is 4. The molecule has 9 heteroatoms. The minimum absolute atomic E-state index is 0.927. The number of alkyl halides is 6. The lowest BCUT2D eigenvalue weighted by Crippen LogP contribution is -2.34. The quantitative estimate of drug-likeness (QED) is 0.488. The summed E-state index contributed by atoms with van der Waals surface area (Å²) in [5, 5.41) is 8.61. The zero-order chi connectivity index (χ0) is 14.7. The third kappa shape index (κ3) is 5.39. The highest BCUT2D eigenvalue weighted by Crippen LogP contribution is 2.27. The van der Waals surface area contributed by atoms with Crippen molar-refractivity contribution in [3.63, 3.8) is 0 Å². The van der Waals surface area contributed by atoms with Gasteiger partial charge in [0, 0.05) is 6.42 Å². The standard InChI is InChI=1S/C9H10F6O3/c1-4(3-6(16)9(13,14)15)18-7(17)5(2)8(10,11)12/h4,6,16H,2-3H2,1H3. The predicted octanol–water partition coefficient (Wildman–Crippen LogP) is 2.35. The first-order chi connectivity index (χ1) is 7.85. The maximum atomic E-state index is 12.0. The molecule has 0 amide bonds. The molecule has 1 N–H and O–H groups in total. The second-order valence-corrected chi connectivity index (χ2v) is 3.49. The number of esters is 1. The topological polar surface area (TPSA) is 46.5 Å². The molecule has 2 atom stereocenters. The van der Waals surface area contributed by atoms with Gasteiger partial charge in [0.15, 0.2) is 6.10 Å². The van der Waals surface area contributed by atoms with Gasteiger partial charge in [-0.25, -0.2) is 4.79 Å². The first-order valence-electron chi connectivity index (χ1n) is 4.57. The van der Waals surface area contributed by atoms with Crippen LogP contribution in [0.4, 0.5) is 26.3 Å². The Morgan fingerprint density at radius 1 is 1.28 bits per heavy atom. The SMILES string of the molecule is C=C(C(=O)OC(C)CC(O)C(F)(F)F)C(F)(F)F. The molecule has 0 aromatic rings. The van der Waals surface area contributed by atoms with Crippen LogP contribution in [0.1, 0.15) is 13.3 Å². The molecule has 0 fully saturated rings. The number of ether oxygens (including phenoxy) is 1. The van der Waals surface area contributed by atoms with Gasteiger partial charge in [0.2, 0.25) is 0 Å². The first kappa shape index (κ1) is 16.8. The van der Waals surface area contributed by atoms with E-state index < -0.39 is 42.5 Å². The normalized spacial score (nSPS) is 16.0. The summed E-state index contributed by atoms with van der Waals surface area (Å²) in [6.45, 7) is 3.35. The molecular weight excluding hydrogens is 270 g/mol. The highest BCUT2D eigenvalue weighted by molar-refractivity contribution is 5.89. The predicted molar refractivity (Wildman–Crippen MR) is 47.4 cm³/mol. The Bertz CT molecular complexity index is 319. The van der Waals surface area contributed by atoms with E-state index in [1.165, 1.54) is 0 Å². The van der Waals surface area contributed by atoms with Gasteiger partial charge in [0.05, 0.1) is 0 Å². The molecule has 0 rings (SSSR count). The highest BCUT2D eigenvalue weighted by Gasteiger charge is 2.41. The van der Waals surface area contributed by atoms with Crippen LogP contribution in [-0.4, -0.2) is 35.6 Å². The van der Waals surface area contributed by atoms with Gasteiger partial charge in [0.25, 0.3) is 0 Å². The van der Waals surface area contributed by atoms with Gasteiger partial charge in [-0.15, -0.1) is 0 Å². The number of carbonyl (C=O) groups is 1. The molecular formula is C9H10F6O3. The molecule has 2 unspecified atom stereocenters. The molecule has 0 aliphatic heterocycles. The van der Waals surface area contributed by atoms with Crippen LogP contribution in [0.5, 0.6) is 0 Å². The van der Waals surface area contributed by atoms with Gasteiger partial charge in [-0.3, -0.25) is 0 Å². The van der Waals surface area contributed by atoms with Crippen molar-refractivity contribution in [3.8, 4) is 0 Å². The van der Waals surface area contributed by atoms with Crippen LogP contribution < -0.4 is 0 Å². The summed E-state index contributed by atoms with van der Waals surface area (Å²) in [4.78, 5) is 10.8. The number of halogens is 6. The van der Waals surface area contributed by atoms with Crippen molar-refractivity contribution in [2.24, 2.45) is 0 Å². The maximum Gasteiger partial charge on any atom is 0.422 e. The van der Waals surface area contributed by atoms with Crippen LogP contribution in [-0.2, 0) is 9.53 Å². The van der Waals surface area contributed by atoms with Crippen LogP contribution in [0.25, 0.3) is 0 Å². The summed E-state index contributed by atoms with van der Waals surface area (Å²) in [6, 6.07) is 0. The lowest BCUT2D eigenvalue weighted by atomic mass is 10.1. The van der Waals surface area contributed by atoms with E-state index in [1.54, 1.807) is 0 Å². The van der Waals surface area contributed by atoms with E-state index in [-0.39, 0.29) is 0 Å². The van der Waals surface area contributed by atoms with Crippen LogP contribution in [0.15, 0.2) is 12.2 Å². The van der Waals surface area contributed by atoms with Gasteiger partial charge in [-0.2, -0.15) is 26.3 Å². The lowest BCUT2D eigenvalue weighted by Gasteiger charge is -2.20. The number of aliphatic hydroxyl groups is 1. The van der Waals surface area contributed by atoms with Crippen molar-refractivity contribution in [2.45, 2.75) is 37.9 Å². The van der Waals surface area contributed by atoms with Crippen molar-refractivity contribution in [1.29, 1.82) is 0 Å². The Balaban J connectivity index is 4.39. The van der Waals surface area contributed by atoms with E-state index in [1.807, 2.05) is 0 Å². The Morgan fingerprint density at radius 2 is 1.72 bits per heavy atom. The molecule has 18 heavy (non-hydrogen) atoms. The molecule has 0 aliphatic rings. The maximum absolute atomic E-state index is 12.0.